The highest BCUT2D eigenvalue weighted by Gasteiger charge is 2.30. The molecule has 4 aromatic rings. The fraction of sp³-hybridized carbons (Fsp3) is 0.227. The fourth-order valence-electron chi connectivity index (χ4n) is 4.27. The molecular weight excluding hydrogens is 485 g/mol. The van der Waals surface area contributed by atoms with Gasteiger partial charge in [0.15, 0.2) is 16.5 Å². The maximum absolute atomic E-state index is 15.5. The number of halogens is 3. The first-order valence-corrected chi connectivity index (χ1v) is 12.0. The normalized spacial score (nSPS) is 15.6. The zero-order valence-corrected chi connectivity index (χ0v) is 19.1. The van der Waals surface area contributed by atoms with Crippen molar-refractivity contribution in [2.45, 2.75) is 30.2 Å². The first-order chi connectivity index (χ1) is 16.8. The molecule has 0 saturated heterocycles. The van der Waals surface area contributed by atoms with Crippen LogP contribution in [0.5, 0.6) is 5.88 Å². The van der Waals surface area contributed by atoms with Crippen molar-refractivity contribution in [2.75, 3.05) is 11.8 Å². The van der Waals surface area contributed by atoms with E-state index in [1.54, 1.807) is 18.7 Å². The molecule has 0 bridgehead atoms. The van der Waals surface area contributed by atoms with Crippen LogP contribution in [0.3, 0.4) is 0 Å². The van der Waals surface area contributed by atoms with Crippen LogP contribution in [0.2, 0.25) is 0 Å². The van der Waals surface area contributed by atoms with Crippen molar-refractivity contribution in [3.63, 3.8) is 0 Å². The van der Waals surface area contributed by atoms with Crippen LogP contribution in [0.15, 0.2) is 48.0 Å². The van der Waals surface area contributed by atoms with Crippen molar-refractivity contribution in [3.05, 3.63) is 71.8 Å². The van der Waals surface area contributed by atoms with Gasteiger partial charge in [-0.05, 0) is 25.0 Å². The molecule has 0 spiro atoms. The van der Waals surface area contributed by atoms with Crippen molar-refractivity contribution in [3.8, 4) is 17.4 Å². The van der Waals surface area contributed by atoms with Gasteiger partial charge in [0, 0.05) is 42.2 Å². The van der Waals surface area contributed by atoms with Gasteiger partial charge in [-0.3, -0.25) is 4.72 Å². The van der Waals surface area contributed by atoms with Crippen LogP contribution in [0.4, 0.5) is 18.9 Å². The van der Waals surface area contributed by atoms with Crippen molar-refractivity contribution in [2.24, 2.45) is 0 Å². The Balaban J connectivity index is 1.46. The van der Waals surface area contributed by atoms with E-state index in [-0.39, 0.29) is 18.0 Å². The molecule has 2 N–H and O–H groups in total. The molecule has 1 aliphatic heterocycles. The number of nitrogens with zero attached hydrogens (tertiary/aromatic N) is 4. The average Bonchev–Trinajstić information content (AvgIpc) is 3.50. The number of ether oxygens (including phenoxy) is 1. The van der Waals surface area contributed by atoms with Gasteiger partial charge in [0.2, 0.25) is 5.88 Å². The van der Waals surface area contributed by atoms with Gasteiger partial charge in [-0.25, -0.2) is 36.5 Å². The fourth-order valence-corrected chi connectivity index (χ4v) is 5.46. The Labute approximate surface area is 198 Å². The third kappa shape index (κ3) is 4.11. The van der Waals surface area contributed by atoms with Crippen molar-refractivity contribution in [1.82, 2.24) is 24.5 Å². The molecule has 1 unspecified atom stereocenters. The highest BCUT2D eigenvalue weighted by atomic mass is 32.2. The van der Waals surface area contributed by atoms with Crippen LogP contribution in [-0.2, 0) is 23.0 Å². The summed E-state index contributed by atoms with van der Waals surface area (Å²) in [5, 5.41) is 0. The van der Waals surface area contributed by atoms with Gasteiger partial charge in [0.05, 0.1) is 25.3 Å². The Morgan fingerprint density at radius 2 is 2.03 bits per heavy atom. The number of aromatic nitrogens is 5. The molecule has 35 heavy (non-hydrogen) atoms. The van der Waals surface area contributed by atoms with Crippen LogP contribution in [0, 0.1) is 17.5 Å². The van der Waals surface area contributed by atoms with Crippen LogP contribution in [-0.4, -0.2) is 40.0 Å². The minimum atomic E-state index is -4.50. The molecule has 4 heterocycles. The zero-order chi connectivity index (χ0) is 24.7. The van der Waals surface area contributed by atoms with E-state index < -0.39 is 44.0 Å². The van der Waals surface area contributed by atoms with E-state index >= 15 is 4.39 Å². The second kappa shape index (κ2) is 8.73. The molecule has 1 aromatic carbocycles. The van der Waals surface area contributed by atoms with Crippen molar-refractivity contribution < 1.29 is 26.3 Å². The maximum atomic E-state index is 15.5. The molecule has 0 radical (unpaired) electrons. The van der Waals surface area contributed by atoms with Crippen LogP contribution >= 0.6 is 0 Å². The Hall–Kier alpha value is -3.87. The molecule has 9 nitrogen and oxygen atoms in total. The van der Waals surface area contributed by atoms with Gasteiger partial charge in [0.25, 0.3) is 10.0 Å². The van der Waals surface area contributed by atoms with E-state index in [4.69, 9.17) is 4.74 Å². The molecule has 0 aliphatic carbocycles. The SMILES string of the molecule is COc1ncc(F)cc1S(=O)(=O)Nc1ccc(F)c(C2CCc3c(-c4ncc[nH]4)ncn3C2)c1F. The predicted octanol–water partition coefficient (Wildman–Crippen LogP) is 3.62. The van der Waals surface area contributed by atoms with E-state index in [0.29, 0.717) is 30.4 Å². The van der Waals surface area contributed by atoms with E-state index in [1.165, 1.54) is 7.11 Å². The van der Waals surface area contributed by atoms with Gasteiger partial charge in [-0.2, -0.15) is 0 Å². The van der Waals surface area contributed by atoms with Gasteiger partial charge >= 0.3 is 0 Å². The number of rotatable bonds is 6. The van der Waals surface area contributed by atoms with Crippen molar-refractivity contribution >= 4 is 15.7 Å². The van der Waals surface area contributed by atoms with Gasteiger partial charge < -0.3 is 14.3 Å². The number of anilines is 1. The lowest BCUT2D eigenvalue weighted by molar-refractivity contribution is 0.382. The number of hydrogen-bond acceptors (Lipinski definition) is 6. The highest BCUT2D eigenvalue weighted by Crippen LogP contribution is 2.37. The lowest BCUT2D eigenvalue weighted by Gasteiger charge is -2.26. The van der Waals surface area contributed by atoms with E-state index in [1.807, 2.05) is 4.57 Å². The maximum Gasteiger partial charge on any atom is 0.267 e. The lowest BCUT2D eigenvalue weighted by Crippen LogP contribution is -2.22. The summed E-state index contributed by atoms with van der Waals surface area (Å²) in [4.78, 5) is 14.6. The largest absolute Gasteiger partial charge is 0.480 e. The van der Waals surface area contributed by atoms with Crippen LogP contribution < -0.4 is 9.46 Å². The first kappa shape index (κ1) is 22.9. The zero-order valence-electron chi connectivity index (χ0n) is 18.3. The highest BCUT2D eigenvalue weighted by molar-refractivity contribution is 7.92. The number of sulfonamides is 1. The molecular formula is C22H19F3N6O3S. The number of benzene rings is 1. The number of aromatic amines is 1. The number of imidazole rings is 2. The number of hydrogen-bond donors (Lipinski definition) is 2. The van der Waals surface area contributed by atoms with Crippen LogP contribution in [0.1, 0.15) is 23.6 Å². The number of H-pyrrole nitrogens is 1. The Kier molecular flexibility index (Phi) is 5.71. The van der Waals surface area contributed by atoms with Gasteiger partial charge in [-0.15, -0.1) is 0 Å². The summed E-state index contributed by atoms with van der Waals surface area (Å²) in [7, 11) is -3.33. The minimum Gasteiger partial charge on any atom is -0.480 e. The number of fused-ring (bicyclic) bond motifs is 1. The summed E-state index contributed by atoms with van der Waals surface area (Å²) < 4.78 is 78.5. The molecule has 0 fully saturated rings. The molecule has 1 atom stereocenters. The predicted molar refractivity (Wildman–Crippen MR) is 119 cm³/mol. The summed E-state index contributed by atoms with van der Waals surface area (Å²) in [6.45, 7) is 0.245. The average molecular weight is 504 g/mol. The smallest absolute Gasteiger partial charge is 0.267 e. The molecule has 0 amide bonds. The number of nitrogens with one attached hydrogen (secondary N) is 2. The molecule has 182 valence electrons. The quantitative estimate of drug-likeness (QED) is 0.415. The Morgan fingerprint density at radius 1 is 1.20 bits per heavy atom. The minimum absolute atomic E-state index is 0.242. The second-order valence-corrected chi connectivity index (χ2v) is 9.61. The summed E-state index contributed by atoms with van der Waals surface area (Å²) in [5.41, 5.74) is 0.849. The van der Waals surface area contributed by atoms with E-state index in [0.717, 1.165) is 24.0 Å². The van der Waals surface area contributed by atoms with Crippen LogP contribution in [0.25, 0.3) is 11.5 Å². The first-order valence-electron chi connectivity index (χ1n) is 10.5. The van der Waals surface area contributed by atoms with E-state index in [9.17, 15) is 17.2 Å². The molecule has 1 aliphatic rings. The summed E-state index contributed by atoms with van der Waals surface area (Å²) in [6.07, 6.45) is 6.57. The lowest BCUT2D eigenvalue weighted by atomic mass is 9.89. The number of pyridine rings is 1. The Morgan fingerprint density at radius 3 is 2.77 bits per heavy atom. The molecule has 13 heteroatoms. The molecule has 5 rings (SSSR count). The van der Waals surface area contributed by atoms with Gasteiger partial charge in [-0.1, -0.05) is 0 Å². The third-order valence-electron chi connectivity index (χ3n) is 5.86. The summed E-state index contributed by atoms with van der Waals surface area (Å²) >= 11 is 0. The molecule has 3 aromatic heterocycles. The number of methoxy groups -OCH3 is 1. The standard InChI is InChI=1S/C22H19F3N6O3S/c1-34-22-17(8-13(23)9-28-22)35(32,33)30-15-4-3-14(24)18(19(15)25)12-2-5-16-20(21-26-6-7-27-21)29-11-31(16)10-12/h3-4,6-9,11-12,30H,2,5,10H2,1H3,(H,26,27). The second-order valence-electron chi connectivity index (χ2n) is 7.95. The third-order valence-corrected chi connectivity index (χ3v) is 7.22. The summed E-state index contributed by atoms with van der Waals surface area (Å²) in [5.74, 6) is -3.09. The molecule has 0 saturated carbocycles. The summed E-state index contributed by atoms with van der Waals surface area (Å²) in [6, 6.07) is 2.68. The Bertz CT molecular complexity index is 1510. The van der Waals surface area contributed by atoms with E-state index in [2.05, 4.69) is 24.7 Å². The van der Waals surface area contributed by atoms with Crippen molar-refractivity contribution in [1.29, 1.82) is 0 Å². The van der Waals surface area contributed by atoms with Gasteiger partial charge in [0.1, 0.15) is 17.3 Å². The monoisotopic (exact) mass is 504 g/mol. The topological polar surface area (TPSA) is 115 Å².